The highest BCUT2D eigenvalue weighted by molar-refractivity contribution is 9.10. The quantitative estimate of drug-likeness (QED) is 0.355. The van der Waals surface area contributed by atoms with Gasteiger partial charge in [-0.2, -0.15) is 0 Å². The largest absolute Gasteiger partial charge is 0.497 e. The van der Waals surface area contributed by atoms with Crippen LogP contribution < -0.4 is 20.7 Å². The monoisotopic (exact) mass is 509 g/mol. The van der Waals surface area contributed by atoms with E-state index in [-0.39, 0.29) is 11.8 Å². The lowest BCUT2D eigenvalue weighted by Gasteiger charge is -2.19. The molecule has 0 radical (unpaired) electrons. The van der Waals surface area contributed by atoms with Crippen molar-refractivity contribution in [2.24, 2.45) is 0 Å². The number of hydrogen-bond donors (Lipinski definition) is 3. The smallest absolute Gasteiger partial charge is 0.251 e. The van der Waals surface area contributed by atoms with Crippen LogP contribution in [0.25, 0.3) is 0 Å². The molecule has 3 aromatic carbocycles. The molecular weight excluding hydrogens is 482 g/mol. The number of nitrogens with one attached hydrogen (secondary N) is 3. The van der Waals surface area contributed by atoms with Crippen LogP contribution in [0.5, 0.6) is 5.75 Å². The van der Waals surface area contributed by atoms with Crippen molar-refractivity contribution in [2.75, 3.05) is 25.5 Å². The van der Waals surface area contributed by atoms with Crippen molar-refractivity contribution < 1.29 is 14.3 Å². The first-order valence-corrected chi connectivity index (χ1v) is 11.5. The lowest BCUT2D eigenvalue weighted by Crippen LogP contribution is -2.48. The molecule has 0 aliphatic heterocycles. The van der Waals surface area contributed by atoms with Crippen LogP contribution in [0.3, 0.4) is 0 Å². The van der Waals surface area contributed by atoms with Crippen molar-refractivity contribution in [1.82, 2.24) is 10.6 Å². The lowest BCUT2D eigenvalue weighted by molar-refractivity contribution is -0.122. The molecule has 0 aliphatic rings. The summed E-state index contributed by atoms with van der Waals surface area (Å²) in [7, 11) is 1.63. The highest BCUT2D eigenvalue weighted by Crippen LogP contribution is 2.15. The van der Waals surface area contributed by atoms with Gasteiger partial charge in [-0.05, 0) is 61.0 Å². The average Bonchev–Trinajstić information content (AvgIpc) is 2.83. The van der Waals surface area contributed by atoms with Gasteiger partial charge in [0.1, 0.15) is 11.8 Å². The molecule has 2 amide bonds. The maximum Gasteiger partial charge on any atom is 0.251 e. The minimum Gasteiger partial charge on any atom is -0.497 e. The number of ether oxygens (including phenoxy) is 1. The van der Waals surface area contributed by atoms with Crippen LogP contribution in [0.1, 0.15) is 21.5 Å². The Morgan fingerprint density at radius 3 is 2.36 bits per heavy atom. The van der Waals surface area contributed by atoms with E-state index in [0.29, 0.717) is 25.1 Å². The summed E-state index contributed by atoms with van der Waals surface area (Å²) in [6.45, 7) is 2.90. The Morgan fingerprint density at radius 1 is 0.970 bits per heavy atom. The summed E-state index contributed by atoms with van der Waals surface area (Å²) in [6, 6.07) is 21.9. The van der Waals surface area contributed by atoms with Gasteiger partial charge >= 0.3 is 0 Å². The van der Waals surface area contributed by atoms with E-state index in [1.54, 1.807) is 13.2 Å². The third-order valence-corrected chi connectivity index (χ3v) is 5.63. The summed E-state index contributed by atoms with van der Waals surface area (Å²) < 4.78 is 6.12. The van der Waals surface area contributed by atoms with E-state index in [1.165, 1.54) is 0 Å². The Labute approximate surface area is 202 Å². The summed E-state index contributed by atoms with van der Waals surface area (Å²) in [5.41, 5.74) is 3.41. The zero-order valence-electron chi connectivity index (χ0n) is 18.7. The Morgan fingerprint density at radius 2 is 1.70 bits per heavy atom. The van der Waals surface area contributed by atoms with Crippen molar-refractivity contribution >= 4 is 33.4 Å². The molecule has 3 N–H and O–H groups in total. The number of carbonyl (C=O) groups is 2. The van der Waals surface area contributed by atoms with Gasteiger partial charge in [-0.15, -0.1) is 0 Å². The van der Waals surface area contributed by atoms with Gasteiger partial charge in [0.05, 0.1) is 7.11 Å². The minimum absolute atomic E-state index is 0.226. The predicted molar refractivity (Wildman–Crippen MR) is 135 cm³/mol. The molecule has 0 unspecified atom stereocenters. The number of amides is 2. The molecule has 172 valence electrons. The van der Waals surface area contributed by atoms with Gasteiger partial charge in [0.2, 0.25) is 5.91 Å². The van der Waals surface area contributed by atoms with E-state index >= 15 is 0 Å². The fourth-order valence-electron chi connectivity index (χ4n) is 3.32. The van der Waals surface area contributed by atoms with E-state index in [0.717, 1.165) is 27.0 Å². The Hall–Kier alpha value is -3.32. The fraction of sp³-hybridized carbons (Fsp3) is 0.231. The van der Waals surface area contributed by atoms with Gasteiger partial charge in [-0.1, -0.05) is 45.8 Å². The lowest BCUT2D eigenvalue weighted by atomic mass is 10.0. The average molecular weight is 510 g/mol. The van der Waals surface area contributed by atoms with Crippen LogP contribution in [0, 0.1) is 6.92 Å². The molecule has 3 aromatic rings. The van der Waals surface area contributed by atoms with Crippen LogP contribution in [0.15, 0.2) is 77.3 Å². The van der Waals surface area contributed by atoms with E-state index in [1.807, 2.05) is 73.7 Å². The Balaban J connectivity index is 1.60. The van der Waals surface area contributed by atoms with Crippen LogP contribution in [0.2, 0.25) is 0 Å². The van der Waals surface area contributed by atoms with E-state index in [2.05, 4.69) is 31.9 Å². The molecule has 7 heteroatoms. The molecule has 0 spiro atoms. The summed E-state index contributed by atoms with van der Waals surface area (Å²) in [6.07, 6.45) is 0.391. The third-order valence-electron chi connectivity index (χ3n) is 5.10. The maximum atomic E-state index is 13.0. The first-order valence-electron chi connectivity index (χ1n) is 10.7. The van der Waals surface area contributed by atoms with Gasteiger partial charge in [0.15, 0.2) is 0 Å². The van der Waals surface area contributed by atoms with E-state index in [4.69, 9.17) is 4.74 Å². The van der Waals surface area contributed by atoms with Crippen LogP contribution >= 0.6 is 15.9 Å². The molecule has 0 saturated heterocycles. The number of benzene rings is 3. The Kier molecular flexibility index (Phi) is 8.89. The molecule has 6 nitrogen and oxygen atoms in total. The normalized spacial score (nSPS) is 11.4. The summed E-state index contributed by atoms with van der Waals surface area (Å²) in [4.78, 5) is 25.8. The zero-order chi connectivity index (χ0) is 23.6. The number of halogens is 1. The standard InChI is InChI=1S/C26H28BrN3O3/c1-18-4-3-5-20(16-18)25(31)30-24(17-19-6-8-21(27)9-7-19)26(32)29-15-14-28-22-10-12-23(33-2)13-11-22/h3-13,16,24,28H,14-15,17H2,1-2H3,(H,29,32)(H,30,31)/t24-/m0/s1. The van der Waals surface area contributed by atoms with Crippen molar-refractivity contribution in [3.8, 4) is 5.75 Å². The number of methoxy groups -OCH3 is 1. The number of anilines is 1. The molecular formula is C26H28BrN3O3. The second kappa shape index (κ2) is 12.1. The summed E-state index contributed by atoms with van der Waals surface area (Å²) in [5, 5.41) is 9.08. The predicted octanol–water partition coefficient (Wildman–Crippen LogP) is 4.34. The molecule has 0 bridgehead atoms. The number of hydrogen-bond acceptors (Lipinski definition) is 4. The summed E-state index contributed by atoms with van der Waals surface area (Å²) >= 11 is 3.42. The van der Waals surface area contributed by atoms with Crippen molar-refractivity contribution in [1.29, 1.82) is 0 Å². The van der Waals surface area contributed by atoms with Crippen LogP contribution in [0.4, 0.5) is 5.69 Å². The van der Waals surface area contributed by atoms with Gasteiger partial charge in [-0.3, -0.25) is 9.59 Å². The molecule has 0 aromatic heterocycles. The first kappa shape index (κ1) is 24.3. The van der Waals surface area contributed by atoms with E-state index in [9.17, 15) is 9.59 Å². The highest BCUT2D eigenvalue weighted by Gasteiger charge is 2.22. The molecule has 33 heavy (non-hydrogen) atoms. The molecule has 0 saturated carbocycles. The minimum atomic E-state index is -0.694. The second-order valence-corrected chi connectivity index (χ2v) is 8.59. The summed E-state index contributed by atoms with van der Waals surface area (Å²) in [5.74, 6) is 0.289. The van der Waals surface area contributed by atoms with Crippen LogP contribution in [-0.4, -0.2) is 38.1 Å². The molecule has 0 fully saturated rings. The molecule has 0 heterocycles. The highest BCUT2D eigenvalue weighted by atomic mass is 79.9. The second-order valence-electron chi connectivity index (χ2n) is 7.67. The molecule has 0 aliphatic carbocycles. The Bertz CT molecular complexity index is 1070. The first-order chi connectivity index (χ1) is 15.9. The topological polar surface area (TPSA) is 79.5 Å². The van der Waals surface area contributed by atoms with Crippen molar-refractivity contribution in [3.05, 3.63) is 94.0 Å². The maximum absolute atomic E-state index is 13.0. The van der Waals surface area contributed by atoms with Gasteiger partial charge < -0.3 is 20.7 Å². The third kappa shape index (κ3) is 7.64. The van der Waals surface area contributed by atoms with Crippen molar-refractivity contribution in [2.45, 2.75) is 19.4 Å². The number of carbonyl (C=O) groups excluding carboxylic acids is 2. The fourth-order valence-corrected chi connectivity index (χ4v) is 3.58. The van der Waals surface area contributed by atoms with Crippen LogP contribution in [-0.2, 0) is 11.2 Å². The number of aryl methyl sites for hydroxylation is 1. The van der Waals surface area contributed by atoms with Crippen molar-refractivity contribution in [3.63, 3.8) is 0 Å². The van der Waals surface area contributed by atoms with Gasteiger partial charge in [-0.25, -0.2) is 0 Å². The number of rotatable bonds is 10. The molecule has 3 rings (SSSR count). The zero-order valence-corrected chi connectivity index (χ0v) is 20.3. The SMILES string of the molecule is COc1ccc(NCCNC(=O)[C@H](Cc2ccc(Br)cc2)NC(=O)c2cccc(C)c2)cc1. The van der Waals surface area contributed by atoms with Gasteiger partial charge in [0, 0.05) is 35.2 Å². The van der Waals surface area contributed by atoms with E-state index < -0.39 is 6.04 Å². The molecule has 1 atom stereocenters. The van der Waals surface area contributed by atoms with Gasteiger partial charge in [0.25, 0.3) is 5.91 Å².